The van der Waals surface area contributed by atoms with Crippen LogP contribution in [0.5, 0.6) is 0 Å². The lowest BCUT2D eigenvalue weighted by atomic mass is 10.0. The van der Waals surface area contributed by atoms with Crippen LogP contribution in [-0.4, -0.2) is 15.8 Å². The molecule has 15 heavy (non-hydrogen) atoms. The first-order valence-corrected chi connectivity index (χ1v) is 5.42. The highest BCUT2D eigenvalue weighted by Gasteiger charge is 2.04. The topological polar surface area (TPSA) is 25.2 Å². The molecule has 0 amide bonds. The number of aliphatic hydroxyl groups is 1. The highest BCUT2D eigenvalue weighted by atomic mass is 16.3. The van der Waals surface area contributed by atoms with Gasteiger partial charge in [0.25, 0.3) is 0 Å². The van der Waals surface area contributed by atoms with Gasteiger partial charge < -0.3 is 9.67 Å². The Hall–Kier alpha value is -1.28. The van der Waals surface area contributed by atoms with E-state index in [1.807, 2.05) is 14.0 Å². The van der Waals surface area contributed by atoms with Crippen LogP contribution in [0.4, 0.5) is 0 Å². The lowest BCUT2D eigenvalue weighted by Crippen LogP contribution is -2.08. The summed E-state index contributed by atoms with van der Waals surface area (Å²) in [5.74, 6) is 0. The summed E-state index contributed by atoms with van der Waals surface area (Å²) >= 11 is 0. The molecule has 0 aliphatic rings. The van der Waals surface area contributed by atoms with Crippen LogP contribution >= 0.6 is 0 Å². The summed E-state index contributed by atoms with van der Waals surface area (Å²) in [6, 6.07) is 8.49. The van der Waals surface area contributed by atoms with Crippen molar-refractivity contribution in [2.75, 3.05) is 0 Å². The molecule has 0 saturated carbocycles. The minimum absolute atomic E-state index is 0.217. The fourth-order valence-corrected chi connectivity index (χ4v) is 1.87. The number of aryl methyl sites for hydroxylation is 1. The summed E-state index contributed by atoms with van der Waals surface area (Å²) < 4.78 is 2.11. The van der Waals surface area contributed by atoms with E-state index in [4.69, 9.17) is 0 Å². The Balaban J connectivity index is 2.31. The van der Waals surface area contributed by atoms with Gasteiger partial charge in [0.1, 0.15) is 0 Å². The first-order chi connectivity index (χ1) is 7.20. The van der Waals surface area contributed by atoms with Gasteiger partial charge in [0.2, 0.25) is 0 Å². The average Bonchev–Trinajstić information content (AvgIpc) is 2.60. The predicted molar refractivity (Wildman–Crippen MR) is 62.9 cm³/mol. The van der Waals surface area contributed by atoms with E-state index < -0.39 is 0 Å². The van der Waals surface area contributed by atoms with Gasteiger partial charge in [-0.05, 0) is 42.0 Å². The Bertz CT molecular complexity index is 459. The molecule has 2 heteroatoms. The number of aromatic nitrogens is 1. The largest absolute Gasteiger partial charge is 0.393 e. The first kappa shape index (κ1) is 10.2. The van der Waals surface area contributed by atoms with Gasteiger partial charge in [-0.15, -0.1) is 0 Å². The molecule has 0 saturated heterocycles. The maximum Gasteiger partial charge on any atom is 0.0577 e. The van der Waals surface area contributed by atoms with Gasteiger partial charge in [-0.25, -0.2) is 0 Å². The normalized spacial score (nSPS) is 13.3. The number of benzene rings is 1. The van der Waals surface area contributed by atoms with Crippen molar-refractivity contribution >= 4 is 10.9 Å². The van der Waals surface area contributed by atoms with Crippen molar-refractivity contribution in [3.05, 3.63) is 36.0 Å². The van der Waals surface area contributed by atoms with Crippen LogP contribution < -0.4 is 0 Å². The molecule has 0 aliphatic carbocycles. The van der Waals surface area contributed by atoms with Crippen LogP contribution in [0, 0.1) is 0 Å². The van der Waals surface area contributed by atoms with Crippen LogP contribution in [0.3, 0.4) is 0 Å². The van der Waals surface area contributed by atoms with Crippen molar-refractivity contribution in [1.29, 1.82) is 0 Å². The molecule has 1 N–H and O–H groups in total. The molecule has 1 heterocycles. The average molecular weight is 203 g/mol. The molecule has 80 valence electrons. The first-order valence-electron chi connectivity index (χ1n) is 5.42. The number of hydrogen-bond acceptors (Lipinski definition) is 1. The quantitative estimate of drug-likeness (QED) is 0.814. The molecule has 0 radical (unpaired) electrons. The van der Waals surface area contributed by atoms with Crippen molar-refractivity contribution in [1.82, 2.24) is 4.57 Å². The van der Waals surface area contributed by atoms with Crippen LogP contribution in [0.25, 0.3) is 10.9 Å². The molecule has 1 atom stereocenters. The van der Waals surface area contributed by atoms with E-state index in [1.54, 1.807) is 0 Å². The third-order valence-corrected chi connectivity index (χ3v) is 2.89. The van der Waals surface area contributed by atoms with E-state index in [1.165, 1.54) is 16.5 Å². The van der Waals surface area contributed by atoms with Gasteiger partial charge in [-0.3, -0.25) is 0 Å². The molecule has 2 aromatic rings. The maximum absolute atomic E-state index is 9.58. The second kappa shape index (κ2) is 4.07. The molecule has 2 rings (SSSR count). The Morgan fingerprint density at radius 1 is 1.33 bits per heavy atom. The Labute approximate surface area is 90.2 Å². The molecule has 0 aliphatic heterocycles. The Kier molecular flexibility index (Phi) is 2.78. The summed E-state index contributed by atoms with van der Waals surface area (Å²) in [4.78, 5) is 0. The molecule has 1 aromatic carbocycles. The maximum atomic E-state index is 9.58. The fraction of sp³-hybridized carbons (Fsp3) is 0.385. The van der Waals surface area contributed by atoms with E-state index in [9.17, 15) is 5.11 Å². The molecule has 1 unspecified atom stereocenters. The highest BCUT2D eigenvalue weighted by Crippen LogP contribution is 2.17. The van der Waals surface area contributed by atoms with Crippen molar-refractivity contribution in [3.8, 4) is 0 Å². The molecule has 0 spiro atoms. The summed E-state index contributed by atoms with van der Waals surface area (Å²) in [6.45, 7) is 2.01. The third-order valence-electron chi connectivity index (χ3n) is 2.89. The van der Waals surface area contributed by atoms with Crippen LogP contribution in [0.15, 0.2) is 30.5 Å². The van der Waals surface area contributed by atoms with Gasteiger partial charge >= 0.3 is 0 Å². The van der Waals surface area contributed by atoms with Crippen LogP contribution in [0.2, 0.25) is 0 Å². The predicted octanol–water partition coefficient (Wildman–Crippen LogP) is 2.49. The summed E-state index contributed by atoms with van der Waals surface area (Å²) in [5.41, 5.74) is 2.45. The van der Waals surface area contributed by atoms with Crippen LogP contribution in [0.1, 0.15) is 18.9 Å². The van der Waals surface area contributed by atoms with Gasteiger partial charge in [-0.1, -0.05) is 13.0 Å². The molecular weight excluding hydrogens is 186 g/mol. The molecular formula is C13H17NO. The zero-order valence-electron chi connectivity index (χ0n) is 9.27. The van der Waals surface area contributed by atoms with Crippen molar-refractivity contribution in [2.45, 2.75) is 25.9 Å². The molecule has 1 aromatic heterocycles. The van der Waals surface area contributed by atoms with Gasteiger partial charge in [0, 0.05) is 18.8 Å². The lowest BCUT2D eigenvalue weighted by Gasteiger charge is -2.07. The minimum Gasteiger partial charge on any atom is -0.393 e. The van der Waals surface area contributed by atoms with E-state index in [0.717, 1.165) is 12.8 Å². The number of fused-ring (bicyclic) bond motifs is 1. The lowest BCUT2D eigenvalue weighted by molar-refractivity contribution is 0.171. The fourth-order valence-electron chi connectivity index (χ4n) is 1.87. The zero-order chi connectivity index (χ0) is 10.8. The number of aliphatic hydroxyl groups excluding tert-OH is 1. The zero-order valence-corrected chi connectivity index (χ0v) is 9.27. The smallest absolute Gasteiger partial charge is 0.0577 e. The van der Waals surface area contributed by atoms with Gasteiger partial charge in [-0.2, -0.15) is 0 Å². The van der Waals surface area contributed by atoms with Gasteiger partial charge in [0.05, 0.1) is 6.10 Å². The van der Waals surface area contributed by atoms with Crippen molar-refractivity contribution in [3.63, 3.8) is 0 Å². The monoisotopic (exact) mass is 203 g/mol. The Morgan fingerprint density at radius 2 is 2.13 bits per heavy atom. The number of rotatable bonds is 3. The van der Waals surface area contributed by atoms with E-state index in [-0.39, 0.29) is 6.10 Å². The molecule has 0 fully saturated rings. The van der Waals surface area contributed by atoms with E-state index in [0.29, 0.717) is 0 Å². The SMILES string of the molecule is CCC(O)Cc1ccc2c(ccn2C)c1. The van der Waals surface area contributed by atoms with E-state index >= 15 is 0 Å². The molecule has 2 nitrogen and oxygen atoms in total. The second-order valence-electron chi connectivity index (χ2n) is 4.09. The number of nitrogens with zero attached hydrogens (tertiary/aromatic N) is 1. The highest BCUT2D eigenvalue weighted by molar-refractivity contribution is 5.80. The van der Waals surface area contributed by atoms with E-state index in [2.05, 4.69) is 35.0 Å². The molecule has 0 bridgehead atoms. The second-order valence-corrected chi connectivity index (χ2v) is 4.09. The standard InChI is InChI=1S/C13H17NO/c1-3-12(15)9-10-4-5-13-11(8-10)6-7-14(13)2/h4-8,12,15H,3,9H2,1-2H3. The van der Waals surface area contributed by atoms with Crippen LogP contribution in [-0.2, 0) is 13.5 Å². The Morgan fingerprint density at radius 3 is 2.87 bits per heavy atom. The van der Waals surface area contributed by atoms with Crippen molar-refractivity contribution in [2.24, 2.45) is 7.05 Å². The van der Waals surface area contributed by atoms with Gasteiger partial charge in [0.15, 0.2) is 0 Å². The summed E-state index contributed by atoms with van der Waals surface area (Å²) in [7, 11) is 2.04. The third kappa shape index (κ3) is 2.05. The minimum atomic E-state index is -0.217. The summed E-state index contributed by atoms with van der Waals surface area (Å²) in [5, 5.41) is 10.8. The van der Waals surface area contributed by atoms with Crippen molar-refractivity contribution < 1.29 is 5.11 Å². The summed E-state index contributed by atoms with van der Waals surface area (Å²) in [6.07, 6.45) is 3.41. The number of hydrogen-bond donors (Lipinski definition) is 1.